The van der Waals surface area contributed by atoms with Gasteiger partial charge in [0.1, 0.15) is 0 Å². The third kappa shape index (κ3) is 2.62. The summed E-state index contributed by atoms with van der Waals surface area (Å²) >= 11 is 0. The number of rotatable bonds is 1. The molecular weight excluding hydrogens is 204 g/mol. The van der Waals surface area contributed by atoms with Gasteiger partial charge in [-0.3, -0.25) is 4.79 Å². The first-order valence-electron chi connectivity index (χ1n) is 5.39. The Hall–Kier alpha value is -1.32. The van der Waals surface area contributed by atoms with Crippen LogP contribution < -0.4 is 0 Å². The minimum Gasteiger partial charge on any atom is -0.351 e. The molecule has 0 N–H and O–H groups in total. The minimum absolute atomic E-state index is 0.127. The van der Waals surface area contributed by atoms with Crippen LogP contribution in [0.4, 0.5) is 0 Å². The summed E-state index contributed by atoms with van der Waals surface area (Å²) in [5.41, 5.74) is -0.524. The second kappa shape index (κ2) is 3.92. The number of carbonyl (C=O) groups is 1. The highest BCUT2D eigenvalue weighted by molar-refractivity contribution is 5.92. The molecule has 0 atom stereocenters. The number of aromatic nitrogens is 1. The maximum atomic E-state index is 12.3. The molecule has 0 fully saturated rings. The van der Waals surface area contributed by atoms with Gasteiger partial charge in [0.25, 0.3) is 5.91 Å². The van der Waals surface area contributed by atoms with Gasteiger partial charge in [0.2, 0.25) is 5.76 Å². The number of carbonyl (C=O) groups excluding carboxylic acids is 1. The fourth-order valence-electron chi connectivity index (χ4n) is 2.05. The number of amides is 1. The Kier molecular flexibility index (Phi) is 3.13. The Morgan fingerprint density at radius 1 is 1.19 bits per heavy atom. The van der Waals surface area contributed by atoms with Gasteiger partial charge in [-0.2, -0.15) is 0 Å². The maximum absolute atomic E-state index is 12.3. The molecule has 4 nitrogen and oxygen atoms in total. The molecule has 0 aliphatic carbocycles. The molecule has 0 saturated carbocycles. The Bertz CT molecular complexity index is 341. The SMILES string of the molecule is CC(C)(C)N(C(=O)c1ccno1)C(C)(C)C. The summed E-state index contributed by atoms with van der Waals surface area (Å²) in [6, 6.07) is 1.59. The average Bonchev–Trinajstić information content (AvgIpc) is 2.48. The molecule has 0 spiro atoms. The van der Waals surface area contributed by atoms with Crippen molar-refractivity contribution in [1.82, 2.24) is 10.1 Å². The highest BCUT2D eigenvalue weighted by atomic mass is 16.5. The van der Waals surface area contributed by atoms with Gasteiger partial charge in [0.05, 0.1) is 6.20 Å². The van der Waals surface area contributed by atoms with Crippen LogP contribution in [0, 0.1) is 0 Å². The molecule has 16 heavy (non-hydrogen) atoms. The molecule has 0 aliphatic rings. The van der Waals surface area contributed by atoms with Crippen molar-refractivity contribution < 1.29 is 9.32 Å². The van der Waals surface area contributed by atoms with Crippen molar-refractivity contribution in [1.29, 1.82) is 0 Å². The zero-order chi connectivity index (χ0) is 12.6. The lowest BCUT2D eigenvalue weighted by atomic mass is 9.95. The number of hydrogen-bond acceptors (Lipinski definition) is 3. The van der Waals surface area contributed by atoms with Gasteiger partial charge in [-0.15, -0.1) is 0 Å². The van der Waals surface area contributed by atoms with Crippen molar-refractivity contribution in [3.8, 4) is 0 Å². The lowest BCUT2D eigenvalue weighted by Crippen LogP contribution is -2.55. The molecule has 0 aromatic carbocycles. The fourth-order valence-corrected chi connectivity index (χ4v) is 2.05. The van der Waals surface area contributed by atoms with Gasteiger partial charge >= 0.3 is 0 Å². The quantitative estimate of drug-likeness (QED) is 0.736. The minimum atomic E-state index is -0.262. The summed E-state index contributed by atoms with van der Waals surface area (Å²) in [6.07, 6.45) is 1.48. The van der Waals surface area contributed by atoms with Crippen LogP contribution in [-0.2, 0) is 0 Å². The standard InChI is InChI=1S/C12H20N2O2/c1-11(2,3)14(12(4,5)6)10(15)9-7-8-13-16-9/h7-8H,1-6H3. The first-order chi connectivity index (χ1) is 7.14. The van der Waals surface area contributed by atoms with Crippen molar-refractivity contribution in [3.05, 3.63) is 18.0 Å². The van der Waals surface area contributed by atoms with Crippen LogP contribution in [0.15, 0.2) is 16.8 Å². The molecule has 0 aliphatic heterocycles. The number of hydrogen-bond donors (Lipinski definition) is 0. The van der Waals surface area contributed by atoms with E-state index >= 15 is 0 Å². The topological polar surface area (TPSA) is 46.3 Å². The van der Waals surface area contributed by atoms with E-state index in [9.17, 15) is 4.79 Å². The van der Waals surface area contributed by atoms with E-state index in [0.29, 0.717) is 0 Å². The van der Waals surface area contributed by atoms with E-state index in [1.54, 1.807) is 11.0 Å². The molecule has 0 radical (unpaired) electrons. The highest BCUT2D eigenvalue weighted by Crippen LogP contribution is 2.26. The molecular formula is C12H20N2O2. The van der Waals surface area contributed by atoms with Crippen LogP contribution >= 0.6 is 0 Å². The molecule has 1 rings (SSSR count). The molecule has 0 bridgehead atoms. The number of nitrogens with zero attached hydrogens (tertiary/aromatic N) is 2. The summed E-state index contributed by atoms with van der Waals surface area (Å²) in [5.74, 6) is 0.155. The normalized spacial score (nSPS) is 12.6. The summed E-state index contributed by atoms with van der Waals surface area (Å²) < 4.78 is 4.93. The fraction of sp³-hybridized carbons (Fsp3) is 0.667. The van der Waals surface area contributed by atoms with Gasteiger partial charge in [-0.05, 0) is 41.5 Å². The van der Waals surface area contributed by atoms with Gasteiger partial charge in [-0.1, -0.05) is 5.16 Å². The van der Waals surface area contributed by atoms with E-state index in [0.717, 1.165) is 0 Å². The molecule has 1 amide bonds. The van der Waals surface area contributed by atoms with E-state index in [4.69, 9.17) is 4.52 Å². The van der Waals surface area contributed by atoms with Crippen LogP contribution in [0.25, 0.3) is 0 Å². The van der Waals surface area contributed by atoms with Crippen molar-refractivity contribution >= 4 is 5.91 Å². The lowest BCUT2D eigenvalue weighted by Gasteiger charge is -2.44. The monoisotopic (exact) mass is 224 g/mol. The van der Waals surface area contributed by atoms with E-state index in [2.05, 4.69) is 5.16 Å². The third-order valence-electron chi connectivity index (χ3n) is 2.19. The molecule has 0 unspecified atom stereocenters. The molecule has 90 valence electrons. The first kappa shape index (κ1) is 12.7. The summed E-state index contributed by atoms with van der Waals surface area (Å²) in [4.78, 5) is 14.1. The Balaban J connectivity index is 3.09. The largest absolute Gasteiger partial charge is 0.351 e. The summed E-state index contributed by atoms with van der Waals surface area (Å²) in [6.45, 7) is 12.0. The summed E-state index contributed by atoms with van der Waals surface area (Å²) in [7, 11) is 0. The van der Waals surface area contributed by atoms with Gasteiger partial charge in [-0.25, -0.2) is 0 Å². The smallest absolute Gasteiger partial charge is 0.293 e. The van der Waals surface area contributed by atoms with Crippen molar-refractivity contribution in [3.63, 3.8) is 0 Å². The second-order valence-electron chi connectivity index (χ2n) is 5.86. The van der Waals surface area contributed by atoms with Crippen LogP contribution in [0.1, 0.15) is 52.1 Å². The first-order valence-corrected chi connectivity index (χ1v) is 5.39. The molecule has 1 heterocycles. The zero-order valence-corrected chi connectivity index (χ0v) is 10.9. The van der Waals surface area contributed by atoms with E-state index in [-0.39, 0.29) is 22.7 Å². The van der Waals surface area contributed by atoms with Crippen molar-refractivity contribution in [2.75, 3.05) is 0 Å². The van der Waals surface area contributed by atoms with Crippen LogP contribution in [-0.4, -0.2) is 27.0 Å². The van der Waals surface area contributed by atoms with Gasteiger partial charge in [0.15, 0.2) is 0 Å². The predicted molar refractivity (Wildman–Crippen MR) is 62.2 cm³/mol. The Morgan fingerprint density at radius 2 is 1.69 bits per heavy atom. The highest BCUT2D eigenvalue weighted by Gasteiger charge is 2.37. The Labute approximate surface area is 96.6 Å². The van der Waals surface area contributed by atoms with Crippen LogP contribution in [0.3, 0.4) is 0 Å². The third-order valence-corrected chi connectivity index (χ3v) is 2.19. The molecule has 1 aromatic rings. The van der Waals surface area contributed by atoms with Crippen LogP contribution in [0.2, 0.25) is 0 Å². The predicted octanol–water partition coefficient (Wildman–Crippen LogP) is 2.71. The Morgan fingerprint density at radius 3 is 2.00 bits per heavy atom. The average molecular weight is 224 g/mol. The van der Waals surface area contributed by atoms with E-state index in [1.165, 1.54) is 6.20 Å². The van der Waals surface area contributed by atoms with E-state index in [1.807, 2.05) is 41.5 Å². The zero-order valence-electron chi connectivity index (χ0n) is 10.9. The van der Waals surface area contributed by atoms with Gasteiger partial charge in [0, 0.05) is 17.1 Å². The van der Waals surface area contributed by atoms with Crippen LogP contribution in [0.5, 0.6) is 0 Å². The van der Waals surface area contributed by atoms with E-state index < -0.39 is 0 Å². The summed E-state index contributed by atoms with van der Waals surface area (Å²) in [5, 5.41) is 3.57. The molecule has 4 heteroatoms. The molecule has 0 saturated heterocycles. The second-order valence-corrected chi connectivity index (χ2v) is 5.86. The van der Waals surface area contributed by atoms with Crippen molar-refractivity contribution in [2.45, 2.75) is 52.6 Å². The van der Waals surface area contributed by atoms with Crippen molar-refractivity contribution in [2.24, 2.45) is 0 Å². The molecule has 1 aromatic heterocycles. The maximum Gasteiger partial charge on any atom is 0.293 e. The van der Waals surface area contributed by atoms with Gasteiger partial charge < -0.3 is 9.42 Å². The lowest BCUT2D eigenvalue weighted by molar-refractivity contribution is 0.0232.